The summed E-state index contributed by atoms with van der Waals surface area (Å²) in [4.78, 5) is 28.8. The molecule has 0 bridgehead atoms. The minimum absolute atomic E-state index is 0.113. The van der Waals surface area contributed by atoms with Crippen LogP contribution in [0.15, 0.2) is 48.5 Å². The molecule has 0 spiro atoms. The van der Waals surface area contributed by atoms with E-state index in [4.69, 9.17) is 9.72 Å². The van der Waals surface area contributed by atoms with Crippen LogP contribution in [0.1, 0.15) is 55.9 Å². The number of fused-ring (bicyclic) bond motifs is 1. The number of carbonyl (C=O) groups excluding carboxylic acids is 2. The molecule has 32 heavy (non-hydrogen) atoms. The molecule has 2 amide bonds. The molecule has 1 heterocycles. The van der Waals surface area contributed by atoms with E-state index in [9.17, 15) is 9.59 Å². The average Bonchev–Trinajstić information content (AvgIpc) is 3.11. The molecule has 2 aromatic carbocycles. The second kappa shape index (κ2) is 10.3. The average molecular weight is 437 g/mol. The zero-order valence-electron chi connectivity index (χ0n) is 19.3. The van der Waals surface area contributed by atoms with Gasteiger partial charge in [-0.2, -0.15) is 0 Å². The Morgan fingerprint density at radius 3 is 2.50 bits per heavy atom. The van der Waals surface area contributed by atoms with Crippen molar-refractivity contribution in [3.8, 4) is 0 Å². The highest BCUT2D eigenvalue weighted by Gasteiger charge is 2.15. The molecule has 0 saturated heterocycles. The van der Waals surface area contributed by atoms with Crippen molar-refractivity contribution in [1.82, 2.24) is 20.2 Å². The fourth-order valence-corrected chi connectivity index (χ4v) is 3.51. The Bertz CT molecular complexity index is 1070. The zero-order valence-corrected chi connectivity index (χ0v) is 19.3. The van der Waals surface area contributed by atoms with Crippen molar-refractivity contribution in [3.05, 3.63) is 65.5 Å². The Labute approximate surface area is 189 Å². The summed E-state index contributed by atoms with van der Waals surface area (Å²) in [5, 5.41) is 5.75. The Balaban J connectivity index is 1.60. The summed E-state index contributed by atoms with van der Waals surface area (Å²) in [5.74, 6) is 0.717. The quantitative estimate of drug-likeness (QED) is 0.511. The largest absolute Gasteiger partial charge is 0.444 e. The van der Waals surface area contributed by atoms with Crippen LogP contribution in [0.4, 0.5) is 4.79 Å². The van der Waals surface area contributed by atoms with Gasteiger partial charge in [-0.25, -0.2) is 9.78 Å². The molecule has 0 atom stereocenters. The third kappa shape index (κ3) is 6.33. The number of carbonyl (C=O) groups is 2. The highest BCUT2D eigenvalue weighted by atomic mass is 16.6. The normalized spacial score (nSPS) is 11.4. The van der Waals surface area contributed by atoms with Crippen LogP contribution in [0.5, 0.6) is 0 Å². The van der Waals surface area contributed by atoms with Crippen LogP contribution in [-0.2, 0) is 24.2 Å². The Hall–Kier alpha value is -3.35. The van der Waals surface area contributed by atoms with Gasteiger partial charge in [0.05, 0.1) is 17.6 Å². The molecule has 7 heteroatoms. The van der Waals surface area contributed by atoms with Gasteiger partial charge in [0.15, 0.2) is 0 Å². The predicted octanol–water partition coefficient (Wildman–Crippen LogP) is 4.44. The molecule has 0 fully saturated rings. The molecule has 0 unspecified atom stereocenters. The van der Waals surface area contributed by atoms with E-state index in [1.807, 2.05) is 45.0 Å². The zero-order chi connectivity index (χ0) is 23.1. The molecule has 0 aliphatic rings. The maximum Gasteiger partial charge on any atom is 0.407 e. The third-order valence-electron chi connectivity index (χ3n) is 4.96. The lowest BCUT2D eigenvalue weighted by molar-refractivity contribution is 0.0527. The van der Waals surface area contributed by atoms with Crippen molar-refractivity contribution in [2.75, 3.05) is 6.54 Å². The molecule has 0 radical (unpaired) electrons. The summed E-state index contributed by atoms with van der Waals surface area (Å²) in [6, 6.07) is 15.4. The van der Waals surface area contributed by atoms with Crippen molar-refractivity contribution in [2.24, 2.45) is 0 Å². The van der Waals surface area contributed by atoms with E-state index in [-0.39, 0.29) is 12.0 Å². The van der Waals surface area contributed by atoms with E-state index >= 15 is 0 Å². The van der Waals surface area contributed by atoms with Crippen LogP contribution >= 0.6 is 0 Å². The van der Waals surface area contributed by atoms with Gasteiger partial charge in [0.25, 0.3) is 5.91 Å². The Morgan fingerprint density at radius 2 is 1.81 bits per heavy atom. The van der Waals surface area contributed by atoms with Gasteiger partial charge >= 0.3 is 6.09 Å². The highest BCUT2D eigenvalue weighted by molar-refractivity contribution is 5.94. The fourth-order valence-electron chi connectivity index (χ4n) is 3.51. The molecular weight excluding hydrogens is 404 g/mol. The number of nitrogens with zero attached hydrogens (tertiary/aromatic N) is 2. The first kappa shape index (κ1) is 23.3. The van der Waals surface area contributed by atoms with Crippen molar-refractivity contribution < 1.29 is 14.3 Å². The minimum Gasteiger partial charge on any atom is -0.444 e. The number of hydrogen-bond acceptors (Lipinski definition) is 4. The molecule has 3 aromatic rings. The number of ether oxygens (including phenoxy) is 1. The lowest BCUT2D eigenvalue weighted by atomic mass is 10.1. The maximum atomic E-state index is 12.4. The van der Waals surface area contributed by atoms with Gasteiger partial charge in [-0.05, 0) is 70.4 Å². The van der Waals surface area contributed by atoms with Crippen molar-refractivity contribution >= 4 is 23.0 Å². The summed E-state index contributed by atoms with van der Waals surface area (Å²) < 4.78 is 7.39. The van der Waals surface area contributed by atoms with Gasteiger partial charge in [-0.15, -0.1) is 0 Å². The van der Waals surface area contributed by atoms with Crippen LogP contribution < -0.4 is 10.6 Å². The summed E-state index contributed by atoms with van der Waals surface area (Å²) in [5.41, 5.74) is 3.28. The molecule has 7 nitrogen and oxygen atoms in total. The fraction of sp³-hybridized carbons (Fsp3) is 0.400. The van der Waals surface area contributed by atoms with Crippen LogP contribution in [0.25, 0.3) is 11.0 Å². The Morgan fingerprint density at radius 1 is 1.06 bits per heavy atom. The summed E-state index contributed by atoms with van der Waals surface area (Å²) in [7, 11) is 0. The van der Waals surface area contributed by atoms with Crippen LogP contribution in [0, 0.1) is 0 Å². The molecule has 2 N–H and O–H groups in total. The predicted molar refractivity (Wildman–Crippen MR) is 126 cm³/mol. The number of nitrogens with one attached hydrogen (secondary N) is 2. The van der Waals surface area contributed by atoms with Gasteiger partial charge < -0.3 is 19.9 Å². The Kier molecular flexibility index (Phi) is 7.51. The molecule has 3 rings (SSSR count). The van der Waals surface area contributed by atoms with E-state index in [2.05, 4.69) is 34.3 Å². The highest BCUT2D eigenvalue weighted by Crippen LogP contribution is 2.19. The molecular formula is C25H32N4O3. The first-order valence-electron chi connectivity index (χ1n) is 11.0. The monoisotopic (exact) mass is 436 g/mol. The summed E-state index contributed by atoms with van der Waals surface area (Å²) in [6.07, 6.45) is 1.25. The van der Waals surface area contributed by atoms with Gasteiger partial charge in [0, 0.05) is 18.7 Å². The van der Waals surface area contributed by atoms with E-state index in [0.717, 1.165) is 36.2 Å². The lowest BCUT2D eigenvalue weighted by Crippen LogP contribution is -2.33. The molecule has 170 valence electrons. The molecule has 0 saturated carbocycles. The van der Waals surface area contributed by atoms with E-state index in [0.29, 0.717) is 18.7 Å². The number of benzene rings is 2. The number of hydrogen-bond donors (Lipinski definition) is 2. The topological polar surface area (TPSA) is 85.3 Å². The maximum absolute atomic E-state index is 12.4. The van der Waals surface area contributed by atoms with Gasteiger partial charge in [0.1, 0.15) is 11.4 Å². The van der Waals surface area contributed by atoms with E-state index in [1.165, 1.54) is 5.56 Å². The minimum atomic E-state index is -0.494. The van der Waals surface area contributed by atoms with Crippen LogP contribution in [0.3, 0.4) is 0 Å². The number of alkyl carbamates (subject to hydrolysis) is 1. The van der Waals surface area contributed by atoms with E-state index < -0.39 is 5.60 Å². The second-order valence-electron chi connectivity index (χ2n) is 8.68. The summed E-state index contributed by atoms with van der Waals surface area (Å²) in [6.45, 7) is 9.29. The molecule has 0 aliphatic heterocycles. The third-order valence-corrected chi connectivity index (χ3v) is 4.96. The number of imidazole rings is 1. The lowest BCUT2D eigenvalue weighted by Gasteiger charge is -2.19. The van der Waals surface area contributed by atoms with Crippen molar-refractivity contribution in [1.29, 1.82) is 0 Å². The van der Waals surface area contributed by atoms with Crippen molar-refractivity contribution in [3.63, 3.8) is 0 Å². The number of rotatable bonds is 8. The van der Waals surface area contributed by atoms with Crippen LogP contribution in [-0.4, -0.2) is 33.7 Å². The SMILES string of the molecule is CCn1c(CNC(=O)c2ccccc2)nc2ccc(CCCNC(=O)OC(C)(C)C)cc21. The van der Waals surface area contributed by atoms with Crippen molar-refractivity contribution in [2.45, 2.75) is 59.2 Å². The second-order valence-corrected chi connectivity index (χ2v) is 8.68. The van der Waals surface area contributed by atoms with Gasteiger partial charge in [-0.1, -0.05) is 24.3 Å². The van der Waals surface area contributed by atoms with Crippen LogP contribution in [0.2, 0.25) is 0 Å². The number of aryl methyl sites for hydroxylation is 2. The molecule has 1 aromatic heterocycles. The smallest absolute Gasteiger partial charge is 0.407 e. The standard InChI is InChI=1S/C25H32N4O3/c1-5-29-21-16-18(10-9-15-26-24(31)32-25(2,3)4)13-14-20(21)28-22(29)17-27-23(30)19-11-7-6-8-12-19/h6-8,11-14,16H,5,9-10,15,17H2,1-4H3,(H,26,31)(H,27,30). The van der Waals surface area contributed by atoms with Gasteiger partial charge in [0.2, 0.25) is 0 Å². The van der Waals surface area contributed by atoms with Gasteiger partial charge in [-0.3, -0.25) is 4.79 Å². The summed E-state index contributed by atoms with van der Waals surface area (Å²) >= 11 is 0. The number of aromatic nitrogens is 2. The van der Waals surface area contributed by atoms with E-state index in [1.54, 1.807) is 12.1 Å². The first-order valence-corrected chi connectivity index (χ1v) is 11.0. The number of amides is 2. The first-order chi connectivity index (χ1) is 15.3. The molecule has 0 aliphatic carbocycles.